The van der Waals surface area contributed by atoms with Gasteiger partial charge in [0.25, 0.3) is 0 Å². The average molecular weight is 346 g/mol. The number of nitrogens with two attached hydrogens (primary N) is 2. The van der Waals surface area contributed by atoms with Crippen LogP contribution in [0.2, 0.25) is 0 Å². The first-order valence-corrected chi connectivity index (χ1v) is 8.29. The molecule has 0 amide bonds. The van der Waals surface area contributed by atoms with Gasteiger partial charge >= 0.3 is 0 Å². The average Bonchev–Trinajstić information content (AvgIpc) is 2.99. The van der Waals surface area contributed by atoms with Crippen LogP contribution in [0.3, 0.4) is 0 Å². The van der Waals surface area contributed by atoms with Gasteiger partial charge in [-0.2, -0.15) is 15.0 Å². The molecule has 26 heavy (non-hydrogen) atoms. The maximum Gasteiger partial charge on any atom is 0.232 e. The number of para-hydroxylation sites is 2. The zero-order chi connectivity index (χ0) is 18.1. The van der Waals surface area contributed by atoms with Crippen molar-refractivity contribution in [2.45, 2.75) is 13.3 Å². The molecule has 0 fully saturated rings. The van der Waals surface area contributed by atoms with Crippen LogP contribution in [0.5, 0.6) is 0 Å². The molecule has 0 saturated heterocycles. The minimum atomic E-state index is 0.0892. The maximum absolute atomic E-state index is 6.21. The number of aromatic nitrogens is 3. The van der Waals surface area contributed by atoms with Crippen molar-refractivity contribution in [1.29, 1.82) is 0 Å². The minimum absolute atomic E-state index is 0.0892. The first kappa shape index (κ1) is 15.9. The third kappa shape index (κ3) is 2.79. The van der Waals surface area contributed by atoms with Gasteiger partial charge in [0, 0.05) is 11.1 Å². The standard InChI is InChI=1S/C19H18N6O/c1-2-11-7-3-5-9-13(11)22-19-24-17(23-18(21)25-19)16-15(20)12-8-4-6-10-14(12)26-16/h3-10H,2,20H2,1H3,(H3,21,22,23,24,25). The van der Waals surface area contributed by atoms with E-state index in [0.717, 1.165) is 23.1 Å². The first-order valence-electron chi connectivity index (χ1n) is 8.29. The highest BCUT2D eigenvalue weighted by Gasteiger charge is 2.17. The smallest absolute Gasteiger partial charge is 0.232 e. The van der Waals surface area contributed by atoms with Gasteiger partial charge in [-0.1, -0.05) is 37.3 Å². The van der Waals surface area contributed by atoms with Crippen LogP contribution in [0.1, 0.15) is 12.5 Å². The number of rotatable bonds is 4. The summed E-state index contributed by atoms with van der Waals surface area (Å²) in [5.41, 5.74) is 15.3. The predicted molar refractivity (Wildman–Crippen MR) is 103 cm³/mol. The van der Waals surface area contributed by atoms with Crippen molar-refractivity contribution in [2.24, 2.45) is 0 Å². The van der Waals surface area contributed by atoms with E-state index in [-0.39, 0.29) is 5.95 Å². The Labute approximate surface area is 150 Å². The summed E-state index contributed by atoms with van der Waals surface area (Å²) in [4.78, 5) is 12.8. The third-order valence-electron chi connectivity index (χ3n) is 4.13. The van der Waals surface area contributed by atoms with Gasteiger partial charge in [0.1, 0.15) is 5.58 Å². The summed E-state index contributed by atoms with van der Waals surface area (Å²) in [5.74, 6) is 1.11. The number of anilines is 4. The van der Waals surface area contributed by atoms with Gasteiger partial charge in [-0.15, -0.1) is 0 Å². The Hall–Kier alpha value is -3.61. The number of nitrogens with zero attached hydrogens (tertiary/aromatic N) is 3. The summed E-state index contributed by atoms with van der Waals surface area (Å²) < 4.78 is 5.83. The van der Waals surface area contributed by atoms with Crippen molar-refractivity contribution >= 4 is 34.2 Å². The van der Waals surface area contributed by atoms with Crippen LogP contribution in [0, 0.1) is 0 Å². The molecule has 7 heteroatoms. The van der Waals surface area contributed by atoms with E-state index in [4.69, 9.17) is 15.9 Å². The SMILES string of the molecule is CCc1ccccc1Nc1nc(N)nc(-c2oc3ccccc3c2N)n1. The Bertz CT molecular complexity index is 1090. The molecule has 0 saturated carbocycles. The Kier molecular flexibility index (Phi) is 3.89. The number of nitrogen functional groups attached to an aromatic ring is 2. The first-order chi connectivity index (χ1) is 12.7. The molecule has 0 aliphatic rings. The summed E-state index contributed by atoms with van der Waals surface area (Å²) in [7, 11) is 0. The summed E-state index contributed by atoms with van der Waals surface area (Å²) in [6.07, 6.45) is 0.882. The molecule has 4 aromatic rings. The largest absolute Gasteiger partial charge is 0.450 e. The van der Waals surface area contributed by atoms with Crippen LogP contribution in [-0.4, -0.2) is 15.0 Å². The zero-order valence-corrected chi connectivity index (χ0v) is 14.2. The van der Waals surface area contributed by atoms with E-state index < -0.39 is 0 Å². The molecule has 4 rings (SSSR count). The van der Waals surface area contributed by atoms with Gasteiger partial charge in [-0.3, -0.25) is 0 Å². The maximum atomic E-state index is 6.21. The van der Waals surface area contributed by atoms with E-state index in [1.54, 1.807) is 0 Å². The number of aryl methyl sites for hydroxylation is 1. The number of hydrogen-bond acceptors (Lipinski definition) is 7. The molecule has 0 unspecified atom stereocenters. The number of fused-ring (bicyclic) bond motifs is 1. The fraction of sp³-hybridized carbons (Fsp3) is 0.105. The van der Waals surface area contributed by atoms with Crippen LogP contribution < -0.4 is 16.8 Å². The molecule has 2 heterocycles. The molecular formula is C19H18N6O. The molecule has 0 aliphatic carbocycles. The molecule has 5 N–H and O–H groups in total. The highest BCUT2D eigenvalue weighted by Crippen LogP contribution is 2.34. The van der Waals surface area contributed by atoms with Gasteiger partial charge < -0.3 is 21.2 Å². The molecule has 0 aliphatic heterocycles. The molecule has 130 valence electrons. The molecular weight excluding hydrogens is 328 g/mol. The summed E-state index contributed by atoms with van der Waals surface area (Å²) >= 11 is 0. The lowest BCUT2D eigenvalue weighted by Crippen LogP contribution is -2.06. The second kappa shape index (κ2) is 6.36. The molecule has 0 bridgehead atoms. The minimum Gasteiger partial charge on any atom is -0.450 e. The van der Waals surface area contributed by atoms with Crippen molar-refractivity contribution in [2.75, 3.05) is 16.8 Å². The van der Waals surface area contributed by atoms with Crippen molar-refractivity contribution in [3.05, 3.63) is 54.1 Å². The monoisotopic (exact) mass is 346 g/mol. The number of nitrogens with one attached hydrogen (secondary N) is 1. The molecule has 0 spiro atoms. The summed E-state index contributed by atoms with van der Waals surface area (Å²) in [6, 6.07) is 15.5. The van der Waals surface area contributed by atoms with Crippen LogP contribution in [0.25, 0.3) is 22.6 Å². The van der Waals surface area contributed by atoms with Crippen LogP contribution in [0.4, 0.5) is 23.3 Å². The van der Waals surface area contributed by atoms with Crippen LogP contribution in [0.15, 0.2) is 52.9 Å². The van der Waals surface area contributed by atoms with E-state index in [2.05, 4.69) is 27.2 Å². The van der Waals surface area contributed by atoms with Crippen LogP contribution >= 0.6 is 0 Å². The second-order valence-electron chi connectivity index (χ2n) is 5.82. The van der Waals surface area contributed by atoms with Gasteiger partial charge in [0.15, 0.2) is 5.76 Å². The Balaban J connectivity index is 1.78. The summed E-state index contributed by atoms with van der Waals surface area (Å²) in [6.45, 7) is 2.09. The van der Waals surface area contributed by atoms with E-state index >= 15 is 0 Å². The van der Waals surface area contributed by atoms with Crippen molar-refractivity contribution in [1.82, 2.24) is 15.0 Å². The molecule has 2 aromatic carbocycles. The third-order valence-corrected chi connectivity index (χ3v) is 4.13. The Morgan fingerprint density at radius 1 is 0.962 bits per heavy atom. The van der Waals surface area contributed by atoms with Crippen LogP contribution in [-0.2, 0) is 6.42 Å². The highest BCUT2D eigenvalue weighted by atomic mass is 16.3. The van der Waals surface area contributed by atoms with Gasteiger partial charge in [-0.25, -0.2) is 0 Å². The number of hydrogen-bond donors (Lipinski definition) is 3. The zero-order valence-electron chi connectivity index (χ0n) is 14.2. The Morgan fingerprint density at radius 2 is 1.73 bits per heavy atom. The number of benzene rings is 2. The number of furan rings is 1. The van der Waals surface area contributed by atoms with E-state index in [0.29, 0.717) is 28.8 Å². The van der Waals surface area contributed by atoms with Crippen molar-refractivity contribution in [3.8, 4) is 11.6 Å². The fourth-order valence-electron chi connectivity index (χ4n) is 2.85. The van der Waals surface area contributed by atoms with Gasteiger partial charge in [0.2, 0.25) is 17.7 Å². The normalized spacial score (nSPS) is 11.0. The van der Waals surface area contributed by atoms with Crippen molar-refractivity contribution < 1.29 is 4.42 Å². The van der Waals surface area contributed by atoms with Gasteiger partial charge in [0.05, 0.1) is 5.69 Å². The van der Waals surface area contributed by atoms with Gasteiger partial charge in [-0.05, 0) is 30.2 Å². The molecule has 0 atom stereocenters. The highest BCUT2D eigenvalue weighted by molar-refractivity contribution is 5.96. The summed E-state index contributed by atoms with van der Waals surface area (Å²) in [5, 5.41) is 4.02. The molecule has 7 nitrogen and oxygen atoms in total. The Morgan fingerprint density at radius 3 is 2.54 bits per heavy atom. The van der Waals surface area contributed by atoms with E-state index in [1.807, 2.05) is 48.5 Å². The quantitative estimate of drug-likeness (QED) is 0.515. The predicted octanol–water partition coefficient (Wildman–Crippen LogP) is 3.76. The fourth-order valence-corrected chi connectivity index (χ4v) is 2.85. The lowest BCUT2D eigenvalue weighted by molar-refractivity contribution is 0.626. The molecule has 2 aromatic heterocycles. The van der Waals surface area contributed by atoms with Crippen molar-refractivity contribution in [3.63, 3.8) is 0 Å². The lowest BCUT2D eigenvalue weighted by atomic mass is 10.1. The lowest BCUT2D eigenvalue weighted by Gasteiger charge is -2.10. The molecule has 0 radical (unpaired) electrons. The van der Waals surface area contributed by atoms with E-state index in [1.165, 1.54) is 0 Å². The topological polar surface area (TPSA) is 116 Å². The second-order valence-corrected chi connectivity index (χ2v) is 5.82. The van der Waals surface area contributed by atoms with E-state index in [9.17, 15) is 0 Å².